The Kier molecular flexibility index (Phi) is 8.06. The number of ether oxygens (including phenoxy) is 3. The molecule has 0 saturated carbocycles. The minimum absolute atomic E-state index is 0.202. The minimum atomic E-state index is -0.202. The SMILES string of the molecule is COCCCNC(=O)c1cc(Cl)c(OCC(C)C)c(OC)c1. The number of carbonyl (C=O) groups is 1. The highest BCUT2D eigenvalue weighted by Gasteiger charge is 2.16. The van der Waals surface area contributed by atoms with Gasteiger partial charge in [0.1, 0.15) is 0 Å². The molecule has 0 aromatic heterocycles. The highest BCUT2D eigenvalue weighted by Crippen LogP contribution is 2.36. The van der Waals surface area contributed by atoms with E-state index < -0.39 is 0 Å². The fraction of sp³-hybridized carbons (Fsp3) is 0.562. The maximum atomic E-state index is 12.1. The minimum Gasteiger partial charge on any atom is -0.493 e. The van der Waals surface area contributed by atoms with E-state index in [0.717, 1.165) is 6.42 Å². The van der Waals surface area contributed by atoms with E-state index in [4.69, 9.17) is 25.8 Å². The largest absolute Gasteiger partial charge is 0.493 e. The van der Waals surface area contributed by atoms with Gasteiger partial charge in [-0.05, 0) is 24.5 Å². The number of halogens is 1. The van der Waals surface area contributed by atoms with Crippen LogP contribution in [0.25, 0.3) is 0 Å². The fourth-order valence-corrected chi connectivity index (χ4v) is 2.03. The average Bonchev–Trinajstić information content (AvgIpc) is 2.49. The molecule has 124 valence electrons. The van der Waals surface area contributed by atoms with E-state index in [-0.39, 0.29) is 5.91 Å². The van der Waals surface area contributed by atoms with Gasteiger partial charge in [-0.2, -0.15) is 0 Å². The second-order valence-corrected chi connectivity index (χ2v) is 5.70. The van der Waals surface area contributed by atoms with Crippen molar-refractivity contribution in [3.63, 3.8) is 0 Å². The van der Waals surface area contributed by atoms with Crippen LogP contribution in [0.15, 0.2) is 12.1 Å². The predicted octanol–water partition coefficient (Wildman–Crippen LogP) is 3.15. The summed E-state index contributed by atoms with van der Waals surface area (Å²) < 4.78 is 15.9. The van der Waals surface area contributed by atoms with Gasteiger partial charge in [-0.1, -0.05) is 25.4 Å². The van der Waals surface area contributed by atoms with Crippen molar-refractivity contribution in [3.05, 3.63) is 22.7 Å². The third-order valence-electron chi connectivity index (χ3n) is 2.86. The Balaban J connectivity index is 2.81. The molecule has 0 unspecified atom stereocenters. The van der Waals surface area contributed by atoms with Crippen molar-refractivity contribution < 1.29 is 19.0 Å². The molecule has 1 amide bonds. The summed E-state index contributed by atoms with van der Waals surface area (Å²) in [7, 11) is 3.15. The molecule has 0 aliphatic heterocycles. The Morgan fingerprint density at radius 1 is 1.32 bits per heavy atom. The van der Waals surface area contributed by atoms with Crippen LogP contribution in [0.3, 0.4) is 0 Å². The summed E-state index contributed by atoms with van der Waals surface area (Å²) >= 11 is 6.22. The first-order valence-corrected chi connectivity index (χ1v) is 7.64. The fourth-order valence-electron chi connectivity index (χ4n) is 1.76. The molecular formula is C16H24ClNO4. The van der Waals surface area contributed by atoms with Crippen molar-refractivity contribution in [1.82, 2.24) is 5.32 Å². The summed E-state index contributed by atoms with van der Waals surface area (Å²) in [5, 5.41) is 3.17. The lowest BCUT2D eigenvalue weighted by Gasteiger charge is -2.15. The highest BCUT2D eigenvalue weighted by atomic mass is 35.5. The molecule has 0 fully saturated rings. The Bertz CT molecular complexity index is 491. The van der Waals surface area contributed by atoms with Crippen molar-refractivity contribution in [2.75, 3.05) is 34.0 Å². The topological polar surface area (TPSA) is 56.8 Å². The van der Waals surface area contributed by atoms with Crippen LogP contribution in [0.5, 0.6) is 11.5 Å². The molecule has 1 rings (SSSR count). The number of hydrogen-bond acceptors (Lipinski definition) is 4. The average molecular weight is 330 g/mol. The van der Waals surface area contributed by atoms with E-state index in [1.807, 2.05) is 13.8 Å². The van der Waals surface area contributed by atoms with Gasteiger partial charge in [0.2, 0.25) is 0 Å². The van der Waals surface area contributed by atoms with Gasteiger partial charge in [0.25, 0.3) is 5.91 Å². The van der Waals surface area contributed by atoms with Crippen LogP contribution in [-0.4, -0.2) is 39.9 Å². The lowest BCUT2D eigenvalue weighted by atomic mass is 10.1. The molecule has 0 atom stereocenters. The van der Waals surface area contributed by atoms with Gasteiger partial charge in [0, 0.05) is 25.8 Å². The number of carbonyl (C=O) groups excluding carboxylic acids is 1. The lowest BCUT2D eigenvalue weighted by Crippen LogP contribution is -2.25. The smallest absolute Gasteiger partial charge is 0.251 e. The van der Waals surface area contributed by atoms with Gasteiger partial charge >= 0.3 is 0 Å². The number of amides is 1. The molecule has 0 radical (unpaired) electrons. The molecule has 0 saturated heterocycles. The lowest BCUT2D eigenvalue weighted by molar-refractivity contribution is 0.0948. The van der Waals surface area contributed by atoms with Crippen LogP contribution < -0.4 is 14.8 Å². The number of nitrogens with one attached hydrogen (secondary N) is 1. The maximum absolute atomic E-state index is 12.1. The highest BCUT2D eigenvalue weighted by molar-refractivity contribution is 6.32. The number of hydrogen-bond donors (Lipinski definition) is 1. The normalized spacial score (nSPS) is 10.6. The van der Waals surface area contributed by atoms with Crippen molar-refractivity contribution in [2.24, 2.45) is 5.92 Å². The Labute approximate surface area is 136 Å². The molecule has 0 spiro atoms. The van der Waals surface area contributed by atoms with Gasteiger partial charge in [-0.25, -0.2) is 0 Å². The van der Waals surface area contributed by atoms with E-state index in [1.54, 1.807) is 19.2 Å². The summed E-state index contributed by atoms with van der Waals surface area (Å²) in [6, 6.07) is 3.22. The number of methoxy groups -OCH3 is 2. The van der Waals surface area contributed by atoms with Crippen molar-refractivity contribution in [2.45, 2.75) is 20.3 Å². The first kappa shape index (κ1) is 18.6. The first-order chi connectivity index (χ1) is 10.5. The molecule has 0 aliphatic carbocycles. The summed E-state index contributed by atoms with van der Waals surface area (Å²) in [6.07, 6.45) is 0.753. The van der Waals surface area contributed by atoms with Gasteiger partial charge in [0.15, 0.2) is 11.5 Å². The Morgan fingerprint density at radius 2 is 2.05 bits per heavy atom. The second-order valence-electron chi connectivity index (χ2n) is 5.30. The van der Waals surface area contributed by atoms with Crippen molar-refractivity contribution >= 4 is 17.5 Å². The molecule has 5 nitrogen and oxygen atoms in total. The summed E-state index contributed by atoms with van der Waals surface area (Å²) in [4.78, 5) is 12.1. The first-order valence-electron chi connectivity index (χ1n) is 7.27. The molecule has 0 aliphatic rings. The van der Waals surface area contributed by atoms with E-state index in [1.165, 1.54) is 7.11 Å². The van der Waals surface area contributed by atoms with Crippen molar-refractivity contribution in [3.8, 4) is 11.5 Å². The number of benzene rings is 1. The van der Waals surface area contributed by atoms with Gasteiger partial charge in [-0.3, -0.25) is 4.79 Å². The van der Waals surface area contributed by atoms with E-state index in [9.17, 15) is 4.79 Å². The Hall–Kier alpha value is -1.46. The molecular weight excluding hydrogens is 306 g/mol. The van der Waals surface area contributed by atoms with Gasteiger partial charge in [-0.15, -0.1) is 0 Å². The zero-order valence-corrected chi connectivity index (χ0v) is 14.3. The van der Waals surface area contributed by atoms with Crippen LogP contribution in [0.4, 0.5) is 0 Å². The zero-order valence-electron chi connectivity index (χ0n) is 13.6. The standard InChI is InChI=1S/C16H24ClNO4/c1-11(2)10-22-15-13(17)8-12(9-14(15)21-4)16(19)18-6-5-7-20-3/h8-9,11H,5-7,10H2,1-4H3,(H,18,19). The van der Waals surface area contributed by atoms with Crippen LogP contribution in [0.1, 0.15) is 30.6 Å². The van der Waals surface area contributed by atoms with Crippen molar-refractivity contribution in [1.29, 1.82) is 0 Å². The second kappa shape index (κ2) is 9.54. The number of rotatable bonds is 9. The van der Waals surface area contributed by atoms with Gasteiger partial charge < -0.3 is 19.5 Å². The molecule has 1 N–H and O–H groups in total. The third-order valence-corrected chi connectivity index (χ3v) is 3.14. The molecule has 6 heteroatoms. The summed E-state index contributed by atoms with van der Waals surface area (Å²) in [6.45, 7) is 5.76. The van der Waals surface area contributed by atoms with Crippen LogP contribution >= 0.6 is 11.6 Å². The van der Waals surface area contributed by atoms with Crippen LogP contribution in [0, 0.1) is 5.92 Å². The molecule has 0 bridgehead atoms. The predicted molar refractivity (Wildman–Crippen MR) is 87.2 cm³/mol. The molecule has 22 heavy (non-hydrogen) atoms. The van der Waals surface area contributed by atoms with E-state index in [2.05, 4.69) is 5.32 Å². The molecule has 1 aromatic carbocycles. The monoisotopic (exact) mass is 329 g/mol. The summed E-state index contributed by atoms with van der Waals surface area (Å²) in [5.41, 5.74) is 0.441. The Morgan fingerprint density at radius 3 is 2.64 bits per heavy atom. The van der Waals surface area contributed by atoms with E-state index in [0.29, 0.717) is 47.8 Å². The molecule has 0 heterocycles. The van der Waals surface area contributed by atoms with Crippen LogP contribution in [0.2, 0.25) is 5.02 Å². The zero-order chi connectivity index (χ0) is 16.5. The van der Waals surface area contributed by atoms with Gasteiger partial charge in [0.05, 0.1) is 18.7 Å². The van der Waals surface area contributed by atoms with Crippen LogP contribution in [-0.2, 0) is 4.74 Å². The maximum Gasteiger partial charge on any atom is 0.251 e. The quantitative estimate of drug-likeness (QED) is 0.707. The third kappa shape index (κ3) is 5.73. The molecule has 1 aromatic rings. The van der Waals surface area contributed by atoms with E-state index >= 15 is 0 Å². The summed E-state index contributed by atoms with van der Waals surface area (Å²) in [5.74, 6) is 1.08.